The van der Waals surface area contributed by atoms with Crippen LogP contribution in [0.15, 0.2) is 18.2 Å². The van der Waals surface area contributed by atoms with Gasteiger partial charge in [-0.1, -0.05) is 28.4 Å². The minimum Gasteiger partial charge on any atom is -0.383 e. The number of benzene rings is 1. The molecule has 0 radical (unpaired) electrons. The third-order valence-electron chi connectivity index (χ3n) is 5.27. The van der Waals surface area contributed by atoms with E-state index < -0.39 is 29.7 Å². The second kappa shape index (κ2) is 10.5. The molecule has 3 rings (SSSR count). The Balaban J connectivity index is 1.58. The minimum atomic E-state index is -0.998. The molecule has 166 valence electrons. The van der Waals surface area contributed by atoms with Crippen molar-refractivity contribution >= 4 is 51.2 Å². The average Bonchev–Trinajstić information content (AvgIpc) is 3.00. The Kier molecular flexibility index (Phi) is 7.78. The van der Waals surface area contributed by atoms with Gasteiger partial charge in [-0.15, -0.1) is 0 Å². The summed E-state index contributed by atoms with van der Waals surface area (Å²) >= 11 is 3.36. The van der Waals surface area contributed by atoms with E-state index in [-0.39, 0.29) is 29.9 Å². The lowest BCUT2D eigenvalue weighted by Crippen LogP contribution is -2.54. The van der Waals surface area contributed by atoms with Crippen LogP contribution >= 0.6 is 15.9 Å². The molecule has 1 atom stereocenters. The second-order valence-electron chi connectivity index (χ2n) is 7.45. The Bertz CT molecular complexity index is 904. The molecule has 9 nitrogen and oxygen atoms in total. The highest BCUT2D eigenvalue weighted by molar-refractivity contribution is 9.09. The van der Waals surface area contributed by atoms with Gasteiger partial charge in [0, 0.05) is 36.9 Å². The number of unbranched alkanes of at least 4 members (excludes halogenated alkanes) is 2. The third-order valence-corrected chi connectivity index (χ3v) is 5.83. The van der Waals surface area contributed by atoms with Crippen LogP contribution in [0.2, 0.25) is 0 Å². The molecule has 5 amide bonds. The smallest absolute Gasteiger partial charge is 0.264 e. The lowest BCUT2D eigenvalue weighted by atomic mass is 10.0. The molecule has 0 aromatic heterocycles. The van der Waals surface area contributed by atoms with Crippen molar-refractivity contribution in [2.75, 3.05) is 23.7 Å². The normalized spacial score (nSPS) is 18.1. The molecule has 2 aliphatic heterocycles. The summed E-state index contributed by atoms with van der Waals surface area (Å²) in [6.07, 6.45) is 3.53. The van der Waals surface area contributed by atoms with Gasteiger partial charge in [0.15, 0.2) is 0 Å². The highest BCUT2D eigenvalue weighted by Crippen LogP contribution is 2.32. The molecule has 1 fully saturated rings. The zero-order chi connectivity index (χ0) is 22.4. The van der Waals surface area contributed by atoms with E-state index in [1.54, 1.807) is 18.2 Å². The first-order chi connectivity index (χ1) is 14.9. The minimum absolute atomic E-state index is 0.0232. The van der Waals surface area contributed by atoms with E-state index in [2.05, 4.69) is 31.9 Å². The molecule has 0 saturated carbocycles. The van der Waals surface area contributed by atoms with Gasteiger partial charge < -0.3 is 10.6 Å². The van der Waals surface area contributed by atoms with Gasteiger partial charge in [-0.25, -0.2) is 0 Å². The van der Waals surface area contributed by atoms with E-state index in [0.717, 1.165) is 29.5 Å². The Morgan fingerprint density at radius 3 is 2.65 bits per heavy atom. The monoisotopic (exact) mass is 492 g/mol. The Labute approximate surface area is 188 Å². The number of imide groups is 2. The maximum atomic E-state index is 13.0. The lowest BCUT2D eigenvalue weighted by molar-refractivity contribution is -0.136. The van der Waals surface area contributed by atoms with E-state index in [9.17, 15) is 24.0 Å². The number of halogens is 1. The first-order valence-electron chi connectivity index (χ1n) is 10.3. The summed E-state index contributed by atoms with van der Waals surface area (Å²) in [5, 5.41) is 9.04. The lowest BCUT2D eigenvalue weighted by Gasteiger charge is -2.27. The van der Waals surface area contributed by atoms with Crippen molar-refractivity contribution < 1.29 is 24.0 Å². The van der Waals surface area contributed by atoms with Crippen molar-refractivity contribution in [2.24, 2.45) is 0 Å². The standard InChI is InChI=1S/C21H25BrN4O5/c22-10-3-1-2-7-16(27)24-12-11-23-14-6-4-5-13-18(14)21(31)26(20(13)30)15-8-9-17(28)25-19(15)29/h4-6,15,23H,1-3,7-12H2,(H,24,27)(H,25,28,29). The zero-order valence-electron chi connectivity index (χ0n) is 17.0. The highest BCUT2D eigenvalue weighted by Gasteiger charge is 2.45. The predicted molar refractivity (Wildman–Crippen MR) is 117 cm³/mol. The van der Waals surface area contributed by atoms with Crippen LogP contribution in [0.25, 0.3) is 0 Å². The van der Waals surface area contributed by atoms with Gasteiger partial charge in [-0.05, 0) is 31.4 Å². The van der Waals surface area contributed by atoms with Gasteiger partial charge in [0.2, 0.25) is 17.7 Å². The quantitative estimate of drug-likeness (QED) is 0.258. The number of rotatable bonds is 10. The molecular weight excluding hydrogens is 468 g/mol. The molecule has 0 bridgehead atoms. The molecule has 1 saturated heterocycles. The molecule has 3 N–H and O–H groups in total. The van der Waals surface area contributed by atoms with Crippen LogP contribution in [0.1, 0.15) is 59.2 Å². The topological polar surface area (TPSA) is 125 Å². The number of amides is 5. The molecular formula is C21H25BrN4O5. The summed E-state index contributed by atoms with van der Waals surface area (Å²) in [5.41, 5.74) is 0.894. The third kappa shape index (κ3) is 5.30. The van der Waals surface area contributed by atoms with Crippen molar-refractivity contribution in [3.8, 4) is 0 Å². The summed E-state index contributed by atoms with van der Waals surface area (Å²) in [6.45, 7) is 0.753. The number of anilines is 1. The highest BCUT2D eigenvalue weighted by atomic mass is 79.9. The van der Waals surface area contributed by atoms with E-state index in [1.807, 2.05) is 0 Å². The summed E-state index contributed by atoms with van der Waals surface area (Å²) in [6, 6.07) is 3.88. The molecule has 2 heterocycles. The predicted octanol–water partition coefficient (Wildman–Crippen LogP) is 1.57. The molecule has 31 heavy (non-hydrogen) atoms. The van der Waals surface area contributed by atoms with Crippen LogP contribution in [0.4, 0.5) is 5.69 Å². The van der Waals surface area contributed by atoms with Gasteiger partial charge in [0.05, 0.1) is 11.1 Å². The van der Waals surface area contributed by atoms with Gasteiger partial charge in [-0.3, -0.25) is 34.2 Å². The number of hydrogen-bond acceptors (Lipinski definition) is 6. The van der Waals surface area contributed by atoms with E-state index in [4.69, 9.17) is 0 Å². The Morgan fingerprint density at radius 1 is 1.10 bits per heavy atom. The average molecular weight is 493 g/mol. The van der Waals surface area contributed by atoms with Crippen molar-refractivity contribution in [1.82, 2.24) is 15.5 Å². The number of carbonyl (C=O) groups excluding carboxylic acids is 5. The number of alkyl halides is 1. The number of nitrogens with one attached hydrogen (secondary N) is 3. The fourth-order valence-corrected chi connectivity index (χ4v) is 4.10. The summed E-state index contributed by atoms with van der Waals surface area (Å²) in [5.74, 6) is -2.18. The number of carbonyl (C=O) groups is 5. The van der Waals surface area contributed by atoms with E-state index in [1.165, 1.54) is 0 Å². The van der Waals surface area contributed by atoms with E-state index in [0.29, 0.717) is 25.2 Å². The van der Waals surface area contributed by atoms with E-state index >= 15 is 0 Å². The molecule has 1 unspecified atom stereocenters. The number of nitrogens with zero attached hydrogens (tertiary/aromatic N) is 1. The van der Waals surface area contributed by atoms with Crippen LogP contribution in [0.3, 0.4) is 0 Å². The molecule has 0 aliphatic carbocycles. The van der Waals surface area contributed by atoms with Gasteiger partial charge in [-0.2, -0.15) is 0 Å². The van der Waals surface area contributed by atoms with Crippen LogP contribution < -0.4 is 16.0 Å². The van der Waals surface area contributed by atoms with Crippen molar-refractivity contribution in [2.45, 2.75) is 44.6 Å². The second-order valence-corrected chi connectivity index (χ2v) is 8.24. The van der Waals surface area contributed by atoms with Crippen LogP contribution in [-0.4, -0.2) is 58.9 Å². The fourth-order valence-electron chi connectivity index (χ4n) is 3.71. The van der Waals surface area contributed by atoms with Crippen LogP contribution in [0.5, 0.6) is 0 Å². The zero-order valence-corrected chi connectivity index (χ0v) is 18.6. The molecule has 0 spiro atoms. The molecule has 1 aromatic carbocycles. The maximum absolute atomic E-state index is 13.0. The first-order valence-corrected chi connectivity index (χ1v) is 11.5. The SMILES string of the molecule is O=C(CCCCCBr)NCCNc1cccc2c1C(=O)N(C1CCC(=O)NC1=O)C2=O. The molecule has 10 heteroatoms. The summed E-state index contributed by atoms with van der Waals surface area (Å²) < 4.78 is 0. The van der Waals surface area contributed by atoms with Crippen LogP contribution in [0, 0.1) is 0 Å². The first kappa shape index (κ1) is 22.9. The van der Waals surface area contributed by atoms with Gasteiger partial charge in [0.1, 0.15) is 6.04 Å². The van der Waals surface area contributed by atoms with Crippen molar-refractivity contribution in [3.63, 3.8) is 0 Å². The fraction of sp³-hybridized carbons (Fsp3) is 0.476. The summed E-state index contributed by atoms with van der Waals surface area (Å²) in [7, 11) is 0. The van der Waals surface area contributed by atoms with Gasteiger partial charge in [0.25, 0.3) is 11.8 Å². The molecule has 2 aliphatic rings. The number of hydrogen-bond donors (Lipinski definition) is 3. The largest absolute Gasteiger partial charge is 0.383 e. The number of fused-ring (bicyclic) bond motifs is 1. The molecule has 1 aromatic rings. The summed E-state index contributed by atoms with van der Waals surface area (Å²) in [4.78, 5) is 62.1. The maximum Gasteiger partial charge on any atom is 0.264 e. The van der Waals surface area contributed by atoms with Crippen LogP contribution in [-0.2, 0) is 14.4 Å². The Hall–Kier alpha value is -2.75. The Morgan fingerprint density at radius 2 is 1.90 bits per heavy atom. The van der Waals surface area contributed by atoms with Gasteiger partial charge >= 0.3 is 0 Å². The van der Waals surface area contributed by atoms with Crippen molar-refractivity contribution in [3.05, 3.63) is 29.3 Å². The number of piperidine rings is 1. The van der Waals surface area contributed by atoms with Crippen molar-refractivity contribution in [1.29, 1.82) is 0 Å².